The third kappa shape index (κ3) is 1.87. The molecule has 12 heavy (non-hydrogen) atoms. The Balaban J connectivity index is 2.87. The number of benzene rings is 1. The van der Waals surface area contributed by atoms with E-state index in [0.717, 1.165) is 0 Å². The normalized spacial score (nSPS) is 9.83. The maximum Gasteiger partial charge on any atom is 0.123 e. The molecule has 0 saturated carbocycles. The summed E-state index contributed by atoms with van der Waals surface area (Å²) < 4.78 is 4.89. The highest BCUT2D eigenvalue weighted by atomic mass is 16.5. The Morgan fingerprint density at radius 3 is 2.75 bits per heavy atom. The van der Waals surface area contributed by atoms with E-state index in [-0.39, 0.29) is 12.3 Å². The number of ether oxygens (including phenoxy) is 1. The number of aromatic hydroxyl groups is 1. The minimum atomic E-state index is 0.107. The van der Waals surface area contributed by atoms with Gasteiger partial charge in [0, 0.05) is 18.2 Å². The van der Waals surface area contributed by atoms with Crippen LogP contribution in [0.25, 0.3) is 0 Å². The van der Waals surface area contributed by atoms with Gasteiger partial charge in [-0.25, -0.2) is 5.48 Å². The van der Waals surface area contributed by atoms with Gasteiger partial charge < -0.3 is 15.1 Å². The zero-order valence-corrected chi connectivity index (χ0v) is 6.74. The van der Waals surface area contributed by atoms with Gasteiger partial charge >= 0.3 is 0 Å². The Kier molecular flexibility index (Phi) is 2.90. The highest BCUT2D eigenvalue weighted by molar-refractivity contribution is 5.39. The van der Waals surface area contributed by atoms with E-state index in [2.05, 4.69) is 0 Å². The number of phenols is 1. The topological polar surface area (TPSA) is 61.7 Å². The summed E-state index contributed by atoms with van der Waals surface area (Å²) in [5.41, 5.74) is 2.58. The van der Waals surface area contributed by atoms with Crippen molar-refractivity contribution in [2.75, 3.05) is 7.11 Å². The molecule has 4 nitrogen and oxygen atoms in total. The first kappa shape index (κ1) is 8.83. The first-order chi connectivity index (χ1) is 5.77. The van der Waals surface area contributed by atoms with Gasteiger partial charge in [-0.05, 0) is 6.07 Å². The van der Waals surface area contributed by atoms with Gasteiger partial charge in [-0.1, -0.05) is 6.07 Å². The zero-order chi connectivity index (χ0) is 8.97. The Morgan fingerprint density at radius 2 is 2.25 bits per heavy atom. The molecule has 0 amide bonds. The van der Waals surface area contributed by atoms with Gasteiger partial charge in [0.05, 0.1) is 7.11 Å². The summed E-state index contributed by atoms with van der Waals surface area (Å²) in [5.74, 6) is 0.699. The number of methoxy groups -OCH3 is 1. The second-order valence-electron chi connectivity index (χ2n) is 2.33. The van der Waals surface area contributed by atoms with Gasteiger partial charge in [-0.2, -0.15) is 0 Å². The predicted molar refractivity (Wildman–Crippen MR) is 43.3 cm³/mol. The van der Waals surface area contributed by atoms with Crippen molar-refractivity contribution in [2.45, 2.75) is 6.54 Å². The van der Waals surface area contributed by atoms with Crippen molar-refractivity contribution in [2.24, 2.45) is 0 Å². The number of hydrogen-bond donors (Lipinski definition) is 3. The molecule has 1 rings (SSSR count). The van der Waals surface area contributed by atoms with Gasteiger partial charge in [0.2, 0.25) is 0 Å². The van der Waals surface area contributed by atoms with Gasteiger partial charge in [-0.3, -0.25) is 0 Å². The third-order valence-electron chi connectivity index (χ3n) is 1.56. The van der Waals surface area contributed by atoms with E-state index in [9.17, 15) is 5.11 Å². The number of phenolic OH excluding ortho intramolecular Hbond substituents is 1. The highest BCUT2D eigenvalue weighted by Gasteiger charge is 2.01. The number of rotatable bonds is 3. The van der Waals surface area contributed by atoms with E-state index < -0.39 is 0 Å². The molecule has 3 N–H and O–H groups in total. The molecule has 4 heteroatoms. The van der Waals surface area contributed by atoms with E-state index >= 15 is 0 Å². The van der Waals surface area contributed by atoms with Crippen LogP contribution in [0.2, 0.25) is 0 Å². The molecule has 0 aromatic heterocycles. The van der Waals surface area contributed by atoms with E-state index in [1.54, 1.807) is 12.1 Å². The van der Waals surface area contributed by atoms with Crippen LogP contribution in [0.15, 0.2) is 18.2 Å². The molecule has 0 aliphatic heterocycles. The Hall–Kier alpha value is -1.26. The molecule has 0 unspecified atom stereocenters. The third-order valence-corrected chi connectivity index (χ3v) is 1.56. The summed E-state index contributed by atoms with van der Waals surface area (Å²) in [6.45, 7) is 0.218. The lowest BCUT2D eigenvalue weighted by atomic mass is 10.2. The Bertz CT molecular complexity index is 262. The summed E-state index contributed by atoms with van der Waals surface area (Å²) in [6, 6.07) is 4.89. The molecule has 0 saturated heterocycles. The fraction of sp³-hybridized carbons (Fsp3) is 0.250. The quantitative estimate of drug-likeness (QED) is 0.588. The first-order valence-corrected chi connectivity index (χ1v) is 3.50. The molecule has 0 fully saturated rings. The predicted octanol–water partition coefficient (Wildman–Crippen LogP) is 0.880. The fourth-order valence-electron chi connectivity index (χ4n) is 0.905. The summed E-state index contributed by atoms with van der Waals surface area (Å²) >= 11 is 0. The summed E-state index contributed by atoms with van der Waals surface area (Å²) in [5, 5.41) is 17.7. The molecule has 0 spiro atoms. The van der Waals surface area contributed by atoms with Crippen molar-refractivity contribution in [3.8, 4) is 11.5 Å². The molecule has 1 aromatic carbocycles. The molecule has 0 atom stereocenters. The van der Waals surface area contributed by atoms with E-state index in [1.807, 2.05) is 5.48 Å². The van der Waals surface area contributed by atoms with Crippen molar-refractivity contribution in [1.29, 1.82) is 0 Å². The molecule has 0 aliphatic rings. The first-order valence-electron chi connectivity index (χ1n) is 3.50. The van der Waals surface area contributed by atoms with Gasteiger partial charge in [-0.15, -0.1) is 0 Å². The van der Waals surface area contributed by atoms with Crippen LogP contribution in [0.1, 0.15) is 5.56 Å². The van der Waals surface area contributed by atoms with E-state index in [0.29, 0.717) is 11.3 Å². The monoisotopic (exact) mass is 169 g/mol. The molecule has 0 aliphatic carbocycles. The summed E-state index contributed by atoms with van der Waals surface area (Å²) in [4.78, 5) is 0. The van der Waals surface area contributed by atoms with Crippen LogP contribution in [-0.2, 0) is 6.54 Å². The molecule has 0 heterocycles. The van der Waals surface area contributed by atoms with Gasteiger partial charge in [0.15, 0.2) is 0 Å². The van der Waals surface area contributed by atoms with Crippen LogP contribution in [0.4, 0.5) is 0 Å². The van der Waals surface area contributed by atoms with Crippen molar-refractivity contribution in [3.63, 3.8) is 0 Å². The second kappa shape index (κ2) is 3.94. The van der Waals surface area contributed by atoms with E-state index in [1.165, 1.54) is 13.2 Å². The van der Waals surface area contributed by atoms with E-state index in [4.69, 9.17) is 9.94 Å². The van der Waals surface area contributed by atoms with Crippen LogP contribution < -0.4 is 10.2 Å². The smallest absolute Gasteiger partial charge is 0.123 e. The van der Waals surface area contributed by atoms with Crippen molar-refractivity contribution >= 4 is 0 Å². The Labute approximate surface area is 70.4 Å². The van der Waals surface area contributed by atoms with Crippen molar-refractivity contribution < 1.29 is 15.1 Å². The molecular weight excluding hydrogens is 158 g/mol. The fourth-order valence-corrected chi connectivity index (χ4v) is 0.905. The van der Waals surface area contributed by atoms with Gasteiger partial charge in [0.1, 0.15) is 11.5 Å². The average Bonchev–Trinajstić information content (AvgIpc) is 2.09. The van der Waals surface area contributed by atoms with Crippen LogP contribution in [0.5, 0.6) is 11.5 Å². The number of hydroxylamine groups is 1. The van der Waals surface area contributed by atoms with Gasteiger partial charge in [0.25, 0.3) is 0 Å². The van der Waals surface area contributed by atoms with Crippen LogP contribution in [0, 0.1) is 0 Å². The largest absolute Gasteiger partial charge is 0.507 e. The molecule has 0 radical (unpaired) electrons. The maximum atomic E-state index is 9.32. The summed E-state index contributed by atoms with van der Waals surface area (Å²) in [7, 11) is 1.53. The lowest BCUT2D eigenvalue weighted by Crippen LogP contribution is -2.05. The average molecular weight is 169 g/mol. The van der Waals surface area contributed by atoms with Crippen LogP contribution in [0.3, 0.4) is 0 Å². The Morgan fingerprint density at radius 1 is 1.50 bits per heavy atom. The van der Waals surface area contributed by atoms with Crippen LogP contribution >= 0.6 is 0 Å². The lowest BCUT2D eigenvalue weighted by molar-refractivity contribution is 0.160. The molecular formula is C8H11NO3. The van der Waals surface area contributed by atoms with Crippen molar-refractivity contribution in [3.05, 3.63) is 23.8 Å². The minimum Gasteiger partial charge on any atom is -0.507 e. The highest BCUT2D eigenvalue weighted by Crippen LogP contribution is 2.22. The zero-order valence-electron chi connectivity index (χ0n) is 6.74. The number of hydrogen-bond acceptors (Lipinski definition) is 4. The summed E-state index contributed by atoms with van der Waals surface area (Å²) in [6.07, 6.45) is 0. The molecule has 66 valence electrons. The minimum absolute atomic E-state index is 0.107. The maximum absolute atomic E-state index is 9.32. The second-order valence-corrected chi connectivity index (χ2v) is 2.33. The van der Waals surface area contributed by atoms with Crippen LogP contribution in [-0.4, -0.2) is 17.4 Å². The lowest BCUT2D eigenvalue weighted by Gasteiger charge is -2.04. The standard InChI is InChI=1S/C8H11NO3/c1-12-7-3-2-6(5-9-11)8(10)4-7/h2-4,9-11H,5H2,1H3. The molecule has 0 bridgehead atoms. The van der Waals surface area contributed by atoms with Crippen molar-refractivity contribution in [1.82, 2.24) is 5.48 Å². The molecule has 1 aromatic rings. The number of nitrogens with one attached hydrogen (secondary N) is 1. The SMILES string of the molecule is COc1ccc(CNO)c(O)c1.